The van der Waals surface area contributed by atoms with Gasteiger partial charge in [-0.15, -0.1) is 11.3 Å². The molecule has 1 amide bonds. The molecule has 0 aliphatic carbocycles. The SMILES string of the molecule is CN(C(=O)c1cccs1)[C@@H]1CCOC(C)(C)C1. The highest BCUT2D eigenvalue weighted by molar-refractivity contribution is 7.12. The van der Waals surface area contributed by atoms with Gasteiger partial charge in [-0.3, -0.25) is 4.79 Å². The lowest BCUT2D eigenvalue weighted by molar-refractivity contribution is -0.0755. The Kier molecular flexibility index (Phi) is 3.54. The minimum atomic E-state index is -0.118. The lowest BCUT2D eigenvalue weighted by Crippen LogP contribution is -2.46. The van der Waals surface area contributed by atoms with E-state index in [9.17, 15) is 4.79 Å². The highest BCUT2D eigenvalue weighted by Gasteiger charge is 2.33. The first-order valence-corrected chi connectivity index (χ1v) is 6.82. The van der Waals surface area contributed by atoms with E-state index in [1.54, 1.807) is 0 Å². The van der Waals surface area contributed by atoms with E-state index in [-0.39, 0.29) is 17.6 Å². The Morgan fingerprint density at radius 3 is 2.94 bits per heavy atom. The third-order valence-electron chi connectivity index (χ3n) is 3.27. The van der Waals surface area contributed by atoms with Crippen LogP contribution in [-0.2, 0) is 4.74 Å². The highest BCUT2D eigenvalue weighted by atomic mass is 32.1. The predicted octanol–water partition coefficient (Wildman–Crippen LogP) is 2.78. The number of thiophene rings is 1. The van der Waals surface area contributed by atoms with Crippen LogP contribution in [0.3, 0.4) is 0 Å². The van der Waals surface area contributed by atoms with Gasteiger partial charge in [0, 0.05) is 19.7 Å². The average molecular weight is 253 g/mol. The van der Waals surface area contributed by atoms with Crippen molar-refractivity contribution in [3.05, 3.63) is 22.4 Å². The van der Waals surface area contributed by atoms with Crippen molar-refractivity contribution < 1.29 is 9.53 Å². The van der Waals surface area contributed by atoms with Gasteiger partial charge in [0.25, 0.3) is 5.91 Å². The summed E-state index contributed by atoms with van der Waals surface area (Å²) in [4.78, 5) is 14.9. The average Bonchev–Trinajstić information content (AvgIpc) is 2.79. The van der Waals surface area contributed by atoms with Gasteiger partial charge in [-0.25, -0.2) is 0 Å². The normalized spacial score (nSPS) is 23.4. The van der Waals surface area contributed by atoms with E-state index in [4.69, 9.17) is 4.74 Å². The van der Waals surface area contributed by atoms with Crippen molar-refractivity contribution in [3.63, 3.8) is 0 Å². The summed E-state index contributed by atoms with van der Waals surface area (Å²) in [6, 6.07) is 4.08. The topological polar surface area (TPSA) is 29.5 Å². The van der Waals surface area contributed by atoms with Gasteiger partial charge in [-0.2, -0.15) is 0 Å². The number of amides is 1. The Morgan fingerprint density at radius 1 is 1.59 bits per heavy atom. The molecule has 1 aliphatic heterocycles. The zero-order chi connectivity index (χ0) is 12.5. The molecule has 0 aromatic carbocycles. The number of ether oxygens (including phenoxy) is 1. The maximum Gasteiger partial charge on any atom is 0.263 e. The van der Waals surface area contributed by atoms with Crippen molar-refractivity contribution in [1.82, 2.24) is 4.90 Å². The molecule has 0 radical (unpaired) electrons. The second-order valence-corrected chi connectivity index (χ2v) is 6.10. The maximum atomic E-state index is 12.2. The standard InChI is InChI=1S/C13H19NO2S/c1-13(2)9-10(6-7-16-13)14(3)12(15)11-5-4-8-17-11/h4-5,8,10H,6-7,9H2,1-3H3/t10-/m1/s1. The molecule has 0 saturated carbocycles. The summed E-state index contributed by atoms with van der Waals surface area (Å²) in [5.41, 5.74) is -0.118. The Labute approximate surface area is 106 Å². The van der Waals surface area contributed by atoms with Crippen molar-refractivity contribution >= 4 is 17.2 Å². The lowest BCUT2D eigenvalue weighted by atomic mass is 9.93. The summed E-state index contributed by atoms with van der Waals surface area (Å²) in [5.74, 6) is 0.128. The molecule has 94 valence electrons. The molecule has 0 spiro atoms. The number of rotatable bonds is 2. The molecule has 1 atom stereocenters. The van der Waals surface area contributed by atoms with Gasteiger partial charge in [0.2, 0.25) is 0 Å². The maximum absolute atomic E-state index is 12.2. The van der Waals surface area contributed by atoms with Crippen molar-refractivity contribution in [2.45, 2.75) is 38.3 Å². The van der Waals surface area contributed by atoms with Gasteiger partial charge in [0.15, 0.2) is 0 Å². The van der Waals surface area contributed by atoms with E-state index in [1.807, 2.05) is 29.5 Å². The smallest absolute Gasteiger partial charge is 0.263 e. The Balaban J connectivity index is 2.05. The van der Waals surface area contributed by atoms with Crippen LogP contribution >= 0.6 is 11.3 Å². The molecule has 1 aliphatic rings. The Bertz CT molecular complexity index is 386. The fourth-order valence-corrected chi connectivity index (χ4v) is 2.98. The summed E-state index contributed by atoms with van der Waals surface area (Å²) in [7, 11) is 1.90. The first-order chi connectivity index (χ1) is 7.99. The molecular formula is C13H19NO2S. The Morgan fingerprint density at radius 2 is 2.35 bits per heavy atom. The molecule has 1 fully saturated rings. The van der Waals surface area contributed by atoms with Crippen LogP contribution in [-0.4, -0.2) is 36.1 Å². The number of carbonyl (C=O) groups excluding carboxylic acids is 1. The second kappa shape index (κ2) is 4.78. The highest BCUT2D eigenvalue weighted by Crippen LogP contribution is 2.27. The minimum Gasteiger partial charge on any atom is -0.375 e. The van der Waals surface area contributed by atoms with E-state index in [0.29, 0.717) is 0 Å². The van der Waals surface area contributed by atoms with Crippen molar-refractivity contribution in [1.29, 1.82) is 0 Å². The monoisotopic (exact) mass is 253 g/mol. The molecule has 1 aromatic heterocycles. The van der Waals surface area contributed by atoms with Gasteiger partial charge >= 0.3 is 0 Å². The number of carbonyl (C=O) groups is 1. The summed E-state index contributed by atoms with van der Waals surface area (Å²) in [6.45, 7) is 4.91. The zero-order valence-corrected chi connectivity index (χ0v) is 11.4. The zero-order valence-electron chi connectivity index (χ0n) is 10.6. The fourth-order valence-electron chi connectivity index (χ4n) is 2.27. The molecular weight excluding hydrogens is 234 g/mol. The van der Waals surface area contributed by atoms with Gasteiger partial charge in [0.05, 0.1) is 10.5 Å². The molecule has 0 bridgehead atoms. The molecule has 1 aromatic rings. The molecule has 2 rings (SSSR count). The Hall–Kier alpha value is -0.870. The number of nitrogens with zero attached hydrogens (tertiary/aromatic N) is 1. The van der Waals surface area contributed by atoms with Crippen molar-refractivity contribution in [2.24, 2.45) is 0 Å². The fraction of sp³-hybridized carbons (Fsp3) is 0.615. The molecule has 17 heavy (non-hydrogen) atoms. The van der Waals surface area contributed by atoms with Gasteiger partial charge in [-0.1, -0.05) is 6.07 Å². The molecule has 3 nitrogen and oxygen atoms in total. The van der Waals surface area contributed by atoms with Crippen LogP contribution in [0.25, 0.3) is 0 Å². The van der Waals surface area contributed by atoms with Crippen LogP contribution in [0.1, 0.15) is 36.4 Å². The van der Waals surface area contributed by atoms with Crippen LogP contribution in [0, 0.1) is 0 Å². The summed E-state index contributed by atoms with van der Waals surface area (Å²) in [5, 5.41) is 1.94. The van der Waals surface area contributed by atoms with E-state index >= 15 is 0 Å². The number of hydrogen-bond donors (Lipinski definition) is 0. The van der Waals surface area contributed by atoms with E-state index in [0.717, 1.165) is 24.3 Å². The van der Waals surface area contributed by atoms with E-state index in [2.05, 4.69) is 13.8 Å². The van der Waals surface area contributed by atoms with Crippen molar-refractivity contribution in [3.8, 4) is 0 Å². The van der Waals surface area contributed by atoms with Crippen molar-refractivity contribution in [2.75, 3.05) is 13.7 Å². The first-order valence-electron chi connectivity index (χ1n) is 5.94. The largest absolute Gasteiger partial charge is 0.375 e. The lowest BCUT2D eigenvalue weighted by Gasteiger charge is -2.39. The van der Waals surface area contributed by atoms with Crippen LogP contribution < -0.4 is 0 Å². The van der Waals surface area contributed by atoms with Crippen LogP contribution in [0.5, 0.6) is 0 Å². The summed E-state index contributed by atoms with van der Waals surface area (Å²) < 4.78 is 5.68. The van der Waals surface area contributed by atoms with E-state index in [1.165, 1.54) is 11.3 Å². The van der Waals surface area contributed by atoms with Gasteiger partial charge < -0.3 is 9.64 Å². The van der Waals surface area contributed by atoms with Crippen LogP contribution in [0.2, 0.25) is 0 Å². The summed E-state index contributed by atoms with van der Waals surface area (Å²) in [6.07, 6.45) is 1.83. The molecule has 0 N–H and O–H groups in total. The predicted molar refractivity (Wildman–Crippen MR) is 69.5 cm³/mol. The molecule has 0 unspecified atom stereocenters. The minimum absolute atomic E-state index is 0.118. The number of hydrogen-bond acceptors (Lipinski definition) is 3. The van der Waals surface area contributed by atoms with Gasteiger partial charge in [0.1, 0.15) is 0 Å². The van der Waals surface area contributed by atoms with Gasteiger partial charge in [-0.05, 0) is 38.1 Å². The van der Waals surface area contributed by atoms with E-state index < -0.39 is 0 Å². The molecule has 4 heteroatoms. The van der Waals surface area contributed by atoms with Crippen LogP contribution in [0.4, 0.5) is 0 Å². The molecule has 1 saturated heterocycles. The third-order valence-corrected chi connectivity index (χ3v) is 4.13. The molecule has 2 heterocycles. The first kappa shape index (κ1) is 12.6. The third kappa shape index (κ3) is 2.87. The quantitative estimate of drug-likeness (QED) is 0.811. The summed E-state index contributed by atoms with van der Waals surface area (Å²) >= 11 is 1.50. The second-order valence-electron chi connectivity index (χ2n) is 5.15. The van der Waals surface area contributed by atoms with Crippen LogP contribution in [0.15, 0.2) is 17.5 Å².